The van der Waals surface area contributed by atoms with Gasteiger partial charge in [0.15, 0.2) is 11.6 Å². The van der Waals surface area contributed by atoms with E-state index in [0.717, 1.165) is 18.2 Å². The molecule has 3 rings (SSSR count). The van der Waals surface area contributed by atoms with Gasteiger partial charge in [-0.15, -0.1) is 0 Å². The van der Waals surface area contributed by atoms with Gasteiger partial charge in [0, 0.05) is 16.8 Å². The minimum Gasteiger partial charge on any atom is -0.342 e. The molecule has 2 heterocycles. The molecule has 0 saturated carbocycles. The molecule has 0 aliphatic heterocycles. The molecule has 0 bridgehead atoms. The molecule has 1 amide bonds. The summed E-state index contributed by atoms with van der Waals surface area (Å²) in [6.45, 7) is 1.61. The highest BCUT2D eigenvalue weighted by molar-refractivity contribution is 6.31. The third-order valence-corrected chi connectivity index (χ3v) is 4.17. The van der Waals surface area contributed by atoms with Crippen molar-refractivity contribution < 1.29 is 18.0 Å². The van der Waals surface area contributed by atoms with Crippen LogP contribution in [0.5, 0.6) is 0 Å². The number of carbonyl (C=O) groups excluding carboxylic acids is 1. The van der Waals surface area contributed by atoms with Crippen LogP contribution in [0.4, 0.5) is 13.2 Å². The van der Waals surface area contributed by atoms with E-state index in [1.807, 2.05) is 0 Å². The SMILES string of the molecule is C[C@@H](NC(=O)c1cc(Cl)cc(C(F)(F)F)c1)c1ncnn1-c1ccc(Cl)cn1. The Hall–Kier alpha value is -2.65. The topological polar surface area (TPSA) is 72.7 Å². The number of nitrogens with one attached hydrogen (secondary N) is 1. The predicted molar refractivity (Wildman–Crippen MR) is 96.5 cm³/mol. The molecule has 0 spiro atoms. The van der Waals surface area contributed by atoms with Gasteiger partial charge in [-0.2, -0.15) is 23.0 Å². The van der Waals surface area contributed by atoms with Crippen LogP contribution in [-0.4, -0.2) is 25.7 Å². The highest BCUT2D eigenvalue weighted by Crippen LogP contribution is 2.32. The Morgan fingerprint density at radius 1 is 1.14 bits per heavy atom. The molecule has 0 aliphatic carbocycles. The fraction of sp³-hybridized carbons (Fsp3) is 0.176. The highest BCUT2D eigenvalue weighted by Gasteiger charge is 2.32. The van der Waals surface area contributed by atoms with Crippen molar-refractivity contribution in [2.45, 2.75) is 19.1 Å². The summed E-state index contributed by atoms with van der Waals surface area (Å²) in [5, 5.41) is 6.89. The molecule has 0 aliphatic rings. The van der Waals surface area contributed by atoms with Crippen LogP contribution in [0.2, 0.25) is 10.0 Å². The van der Waals surface area contributed by atoms with E-state index in [-0.39, 0.29) is 10.6 Å². The van der Waals surface area contributed by atoms with Gasteiger partial charge in [-0.3, -0.25) is 4.79 Å². The van der Waals surface area contributed by atoms with Crippen molar-refractivity contribution in [3.05, 3.63) is 69.9 Å². The molecule has 146 valence electrons. The third kappa shape index (κ3) is 4.42. The minimum atomic E-state index is -4.62. The van der Waals surface area contributed by atoms with E-state index < -0.39 is 23.7 Å². The first-order valence-electron chi connectivity index (χ1n) is 7.85. The highest BCUT2D eigenvalue weighted by atomic mass is 35.5. The van der Waals surface area contributed by atoms with Crippen LogP contribution >= 0.6 is 23.2 Å². The first-order valence-corrected chi connectivity index (χ1v) is 8.61. The lowest BCUT2D eigenvalue weighted by Gasteiger charge is -2.15. The van der Waals surface area contributed by atoms with Crippen LogP contribution in [-0.2, 0) is 6.18 Å². The largest absolute Gasteiger partial charge is 0.416 e. The van der Waals surface area contributed by atoms with Crippen LogP contribution in [0.3, 0.4) is 0 Å². The Bertz CT molecular complexity index is 1000. The van der Waals surface area contributed by atoms with E-state index in [4.69, 9.17) is 23.2 Å². The fourth-order valence-corrected chi connectivity index (χ4v) is 2.79. The monoisotopic (exact) mass is 429 g/mol. The Balaban J connectivity index is 1.84. The summed E-state index contributed by atoms with van der Waals surface area (Å²) in [4.78, 5) is 20.7. The fourth-order valence-electron chi connectivity index (χ4n) is 2.44. The first-order chi connectivity index (χ1) is 13.1. The second kappa shape index (κ2) is 7.76. The van der Waals surface area contributed by atoms with E-state index in [1.54, 1.807) is 19.1 Å². The lowest BCUT2D eigenvalue weighted by atomic mass is 10.1. The van der Waals surface area contributed by atoms with Crippen LogP contribution in [0.1, 0.15) is 34.7 Å². The number of pyridine rings is 1. The van der Waals surface area contributed by atoms with Crippen molar-refractivity contribution in [3.8, 4) is 5.82 Å². The Labute approximate surface area is 167 Å². The lowest BCUT2D eigenvalue weighted by Crippen LogP contribution is -2.29. The van der Waals surface area contributed by atoms with Crippen molar-refractivity contribution in [1.29, 1.82) is 0 Å². The maximum Gasteiger partial charge on any atom is 0.416 e. The summed E-state index contributed by atoms with van der Waals surface area (Å²) in [5.41, 5.74) is -1.23. The molecule has 1 aromatic carbocycles. The predicted octanol–water partition coefficient (Wildman–Crippen LogP) is 4.48. The van der Waals surface area contributed by atoms with Gasteiger partial charge in [-0.05, 0) is 37.3 Å². The summed E-state index contributed by atoms with van der Waals surface area (Å²) in [7, 11) is 0. The summed E-state index contributed by atoms with van der Waals surface area (Å²) < 4.78 is 40.2. The lowest BCUT2D eigenvalue weighted by molar-refractivity contribution is -0.137. The first kappa shape index (κ1) is 20.1. The molecule has 0 unspecified atom stereocenters. The molecule has 28 heavy (non-hydrogen) atoms. The zero-order valence-corrected chi connectivity index (χ0v) is 15.7. The van der Waals surface area contributed by atoms with Crippen molar-refractivity contribution in [3.63, 3.8) is 0 Å². The van der Waals surface area contributed by atoms with Gasteiger partial charge < -0.3 is 5.32 Å². The van der Waals surface area contributed by atoms with Crippen molar-refractivity contribution in [1.82, 2.24) is 25.1 Å². The number of nitrogens with zero attached hydrogens (tertiary/aromatic N) is 4. The Morgan fingerprint density at radius 3 is 2.54 bits per heavy atom. The molecule has 1 atom stereocenters. The number of hydrogen-bond donors (Lipinski definition) is 1. The quantitative estimate of drug-likeness (QED) is 0.663. The number of halogens is 5. The number of amides is 1. The summed E-state index contributed by atoms with van der Waals surface area (Å²) >= 11 is 11.5. The normalized spacial score (nSPS) is 12.6. The molecular weight excluding hydrogens is 418 g/mol. The Morgan fingerprint density at radius 2 is 1.89 bits per heavy atom. The second-order valence-electron chi connectivity index (χ2n) is 5.79. The third-order valence-electron chi connectivity index (χ3n) is 3.73. The van der Waals surface area contributed by atoms with Gasteiger partial charge in [-0.1, -0.05) is 23.2 Å². The molecule has 2 aromatic heterocycles. The zero-order chi connectivity index (χ0) is 20.5. The standard InChI is InChI=1S/C17H12Cl2F3N5O/c1-9(15-24-8-25-27(15)14-3-2-12(18)7-23-14)26-16(28)10-4-11(17(20,21)22)6-13(19)5-10/h2-9H,1H3,(H,26,28)/t9-/m1/s1. The average Bonchev–Trinajstić information content (AvgIpc) is 3.11. The smallest absolute Gasteiger partial charge is 0.342 e. The molecule has 0 fully saturated rings. The van der Waals surface area contributed by atoms with E-state index in [0.29, 0.717) is 16.7 Å². The number of aromatic nitrogens is 4. The van der Waals surface area contributed by atoms with Crippen molar-refractivity contribution in [2.75, 3.05) is 0 Å². The van der Waals surface area contributed by atoms with Crippen molar-refractivity contribution in [2.24, 2.45) is 0 Å². The van der Waals surface area contributed by atoms with E-state index in [9.17, 15) is 18.0 Å². The summed E-state index contributed by atoms with van der Waals surface area (Å²) in [5.74, 6) is 0.0143. The molecule has 6 nitrogen and oxygen atoms in total. The molecule has 1 N–H and O–H groups in total. The van der Waals surface area contributed by atoms with Gasteiger partial charge in [0.05, 0.1) is 16.6 Å². The number of carbonyl (C=O) groups is 1. The molecular formula is C17H12Cl2F3N5O. The molecule has 0 saturated heterocycles. The minimum absolute atomic E-state index is 0.193. The van der Waals surface area contributed by atoms with Gasteiger partial charge >= 0.3 is 6.18 Å². The molecule has 3 aromatic rings. The molecule has 11 heteroatoms. The number of hydrogen-bond acceptors (Lipinski definition) is 4. The maximum atomic E-state index is 12.9. The van der Waals surface area contributed by atoms with Crippen LogP contribution in [0, 0.1) is 0 Å². The van der Waals surface area contributed by atoms with Crippen LogP contribution < -0.4 is 5.32 Å². The molecule has 0 radical (unpaired) electrons. The van der Waals surface area contributed by atoms with Gasteiger partial charge in [0.1, 0.15) is 6.33 Å². The zero-order valence-electron chi connectivity index (χ0n) is 14.2. The number of benzene rings is 1. The maximum absolute atomic E-state index is 12.9. The van der Waals surface area contributed by atoms with Gasteiger partial charge in [0.2, 0.25) is 0 Å². The van der Waals surface area contributed by atoms with E-state index in [1.165, 1.54) is 17.2 Å². The average molecular weight is 430 g/mol. The summed E-state index contributed by atoms with van der Waals surface area (Å²) in [6.07, 6.45) is -1.92. The number of rotatable bonds is 4. The van der Waals surface area contributed by atoms with Gasteiger partial charge in [0.25, 0.3) is 5.91 Å². The second-order valence-corrected chi connectivity index (χ2v) is 6.66. The van der Waals surface area contributed by atoms with E-state index >= 15 is 0 Å². The van der Waals surface area contributed by atoms with Crippen LogP contribution in [0.15, 0.2) is 42.9 Å². The van der Waals surface area contributed by atoms with E-state index in [2.05, 4.69) is 20.4 Å². The summed E-state index contributed by atoms with van der Waals surface area (Å²) in [6, 6.07) is 5.19. The Kier molecular flexibility index (Phi) is 5.57. The van der Waals surface area contributed by atoms with Gasteiger partial charge in [-0.25, -0.2) is 9.97 Å². The van der Waals surface area contributed by atoms with Crippen LogP contribution in [0.25, 0.3) is 5.82 Å². The van der Waals surface area contributed by atoms with Crippen molar-refractivity contribution >= 4 is 29.1 Å². The number of alkyl halides is 3.